The number of aromatic nitrogens is 1. The van der Waals surface area contributed by atoms with Crippen LogP contribution in [0.3, 0.4) is 0 Å². The Kier molecular flexibility index (Phi) is 1.74. The largest absolute Gasteiger partial charge is 0.351 e. The van der Waals surface area contributed by atoms with Crippen LogP contribution in [-0.4, -0.2) is 16.6 Å². The lowest BCUT2D eigenvalue weighted by molar-refractivity contribution is -0.120. The highest BCUT2D eigenvalue weighted by Gasteiger charge is 2.55. The first kappa shape index (κ1) is 10.6. The smallest absolute Gasteiger partial charge is 0.245 e. The molecule has 1 heterocycles. The molecule has 2 aromatic rings. The van der Waals surface area contributed by atoms with Crippen molar-refractivity contribution in [3.63, 3.8) is 0 Å². The van der Waals surface area contributed by atoms with Crippen LogP contribution in [0.4, 0.5) is 0 Å². The molecule has 1 aromatic heterocycles. The van der Waals surface area contributed by atoms with E-state index in [4.69, 9.17) is 0 Å². The fourth-order valence-electron chi connectivity index (χ4n) is 4.54. The van der Waals surface area contributed by atoms with Crippen molar-refractivity contribution in [3.05, 3.63) is 47.7 Å². The van der Waals surface area contributed by atoms with Crippen LogP contribution in [0.2, 0.25) is 0 Å². The van der Waals surface area contributed by atoms with E-state index in [0.29, 0.717) is 11.6 Å². The SMILES string of the molecule is O=C1C(=O)[C@@H]2[C@H](c3c1[nH]c1ccccc31)[C@@H]1C=C[C@H]2C1. The Hall–Kier alpha value is -2.16. The van der Waals surface area contributed by atoms with Gasteiger partial charge in [-0.05, 0) is 29.9 Å². The number of carbonyl (C=O) groups is 2. The quantitative estimate of drug-likeness (QED) is 0.587. The Balaban J connectivity index is 1.87. The zero-order valence-electron chi connectivity index (χ0n) is 10.8. The highest BCUT2D eigenvalue weighted by molar-refractivity contribution is 6.46. The summed E-state index contributed by atoms with van der Waals surface area (Å²) in [5.74, 6) is 0.248. The molecule has 1 N–H and O–H groups in total. The molecule has 98 valence electrons. The van der Waals surface area contributed by atoms with Crippen molar-refractivity contribution in [2.75, 3.05) is 0 Å². The van der Waals surface area contributed by atoms with Crippen molar-refractivity contribution in [2.45, 2.75) is 12.3 Å². The number of para-hydroxylation sites is 1. The van der Waals surface area contributed by atoms with Crippen LogP contribution in [0.5, 0.6) is 0 Å². The van der Waals surface area contributed by atoms with Crippen LogP contribution in [-0.2, 0) is 4.79 Å². The van der Waals surface area contributed by atoms with Gasteiger partial charge in [-0.1, -0.05) is 30.4 Å². The molecule has 1 aromatic carbocycles. The number of rotatable bonds is 0. The normalized spacial score (nSPS) is 33.8. The van der Waals surface area contributed by atoms with Gasteiger partial charge in [0.1, 0.15) is 0 Å². The predicted octanol–water partition coefficient (Wildman–Crippen LogP) is 2.84. The number of aromatic amines is 1. The number of hydrogen-bond acceptors (Lipinski definition) is 2. The Morgan fingerprint density at radius 3 is 2.60 bits per heavy atom. The van der Waals surface area contributed by atoms with Crippen molar-refractivity contribution < 1.29 is 9.59 Å². The summed E-state index contributed by atoms with van der Waals surface area (Å²) in [5, 5.41) is 1.11. The predicted molar refractivity (Wildman–Crippen MR) is 74.6 cm³/mol. The summed E-state index contributed by atoms with van der Waals surface area (Å²) in [4.78, 5) is 28.0. The van der Waals surface area contributed by atoms with Crippen LogP contribution in [0.25, 0.3) is 10.9 Å². The summed E-state index contributed by atoms with van der Waals surface area (Å²) >= 11 is 0. The van der Waals surface area contributed by atoms with Crippen molar-refractivity contribution >= 4 is 22.5 Å². The molecule has 3 aliphatic rings. The van der Waals surface area contributed by atoms with Crippen molar-refractivity contribution in [2.24, 2.45) is 17.8 Å². The maximum Gasteiger partial charge on any atom is 0.245 e. The minimum absolute atomic E-state index is 0.121. The lowest BCUT2D eigenvalue weighted by Gasteiger charge is -2.30. The van der Waals surface area contributed by atoms with Gasteiger partial charge in [0.05, 0.1) is 5.69 Å². The Morgan fingerprint density at radius 2 is 1.75 bits per heavy atom. The van der Waals surface area contributed by atoms with Crippen molar-refractivity contribution in [1.82, 2.24) is 4.98 Å². The number of Topliss-reactive ketones (excluding diaryl/α,β-unsaturated/α-hetero) is 2. The summed E-state index contributed by atoms with van der Waals surface area (Å²) in [6.07, 6.45) is 5.39. The van der Waals surface area contributed by atoms with Gasteiger partial charge in [0.15, 0.2) is 0 Å². The van der Waals surface area contributed by atoms with E-state index in [-0.39, 0.29) is 29.3 Å². The molecule has 1 fully saturated rings. The topological polar surface area (TPSA) is 49.9 Å². The van der Waals surface area contributed by atoms with Gasteiger partial charge in [-0.25, -0.2) is 0 Å². The molecule has 2 bridgehead atoms. The first-order chi connectivity index (χ1) is 9.75. The van der Waals surface area contributed by atoms with E-state index in [0.717, 1.165) is 22.9 Å². The second kappa shape index (κ2) is 3.29. The standard InChI is InChI=1S/C17H13NO2/c19-16-13-9-6-5-8(7-9)12(13)14-10-3-1-2-4-11(10)18-15(14)17(16)20/h1-6,8-9,12-13,18H,7H2/t8-,9+,12-,13+/m1/s1. The molecule has 0 spiro atoms. The molecular weight excluding hydrogens is 250 g/mol. The molecule has 0 amide bonds. The molecule has 3 heteroatoms. The fraction of sp³-hybridized carbons (Fsp3) is 0.294. The summed E-state index contributed by atoms with van der Waals surface area (Å²) in [7, 11) is 0. The van der Waals surface area contributed by atoms with E-state index in [1.807, 2.05) is 18.2 Å². The van der Waals surface area contributed by atoms with Gasteiger partial charge in [-0.15, -0.1) is 0 Å². The molecule has 0 unspecified atom stereocenters. The van der Waals surface area contributed by atoms with E-state index in [2.05, 4.69) is 23.2 Å². The zero-order chi connectivity index (χ0) is 13.4. The summed E-state index contributed by atoms with van der Waals surface area (Å²) in [5.41, 5.74) is 2.59. The molecule has 5 rings (SSSR count). The molecule has 4 atom stereocenters. The van der Waals surface area contributed by atoms with Gasteiger partial charge in [0.2, 0.25) is 11.6 Å². The first-order valence-corrected chi connectivity index (χ1v) is 7.13. The highest BCUT2D eigenvalue weighted by atomic mass is 16.2. The zero-order valence-corrected chi connectivity index (χ0v) is 10.8. The number of benzene rings is 1. The second-order valence-electron chi connectivity index (χ2n) is 6.15. The minimum Gasteiger partial charge on any atom is -0.351 e. The molecule has 3 nitrogen and oxygen atoms in total. The summed E-state index contributed by atoms with van der Waals surface area (Å²) < 4.78 is 0. The molecule has 3 aliphatic carbocycles. The van der Waals surface area contributed by atoms with Gasteiger partial charge in [0.25, 0.3) is 0 Å². The van der Waals surface area contributed by atoms with Crippen molar-refractivity contribution in [1.29, 1.82) is 0 Å². The molecule has 0 aliphatic heterocycles. The van der Waals surface area contributed by atoms with E-state index in [9.17, 15) is 9.59 Å². The number of nitrogens with one attached hydrogen (secondary N) is 1. The highest BCUT2D eigenvalue weighted by Crippen LogP contribution is 2.57. The molecule has 1 saturated carbocycles. The molecule has 0 saturated heterocycles. The number of carbonyl (C=O) groups excluding carboxylic acids is 2. The van der Waals surface area contributed by atoms with Crippen LogP contribution >= 0.6 is 0 Å². The minimum atomic E-state index is -0.321. The number of allylic oxidation sites excluding steroid dienone is 2. The third-order valence-corrected chi connectivity index (χ3v) is 5.29. The average Bonchev–Trinajstić information content (AvgIpc) is 3.15. The average molecular weight is 263 g/mol. The maximum atomic E-state index is 12.4. The van der Waals surface area contributed by atoms with Crippen LogP contribution in [0.15, 0.2) is 36.4 Å². The van der Waals surface area contributed by atoms with Gasteiger partial charge < -0.3 is 4.98 Å². The number of hydrogen-bond donors (Lipinski definition) is 1. The Labute approximate surface area is 115 Å². The Bertz CT molecular complexity index is 814. The second-order valence-corrected chi connectivity index (χ2v) is 6.15. The first-order valence-electron chi connectivity index (χ1n) is 7.13. The lowest BCUT2D eigenvalue weighted by atomic mass is 9.70. The van der Waals surface area contributed by atoms with Crippen molar-refractivity contribution in [3.8, 4) is 0 Å². The lowest BCUT2D eigenvalue weighted by Crippen LogP contribution is -2.37. The van der Waals surface area contributed by atoms with Crippen LogP contribution in [0.1, 0.15) is 28.4 Å². The van der Waals surface area contributed by atoms with Gasteiger partial charge in [-0.2, -0.15) is 0 Å². The number of fused-ring (bicyclic) bond motifs is 9. The maximum absolute atomic E-state index is 12.4. The number of ketones is 2. The van der Waals surface area contributed by atoms with E-state index >= 15 is 0 Å². The van der Waals surface area contributed by atoms with E-state index < -0.39 is 0 Å². The van der Waals surface area contributed by atoms with E-state index in [1.54, 1.807) is 0 Å². The van der Waals surface area contributed by atoms with Gasteiger partial charge in [-0.3, -0.25) is 9.59 Å². The third kappa shape index (κ3) is 1.04. The molecular formula is C17H13NO2. The van der Waals surface area contributed by atoms with Gasteiger partial charge >= 0.3 is 0 Å². The van der Waals surface area contributed by atoms with Crippen LogP contribution in [0, 0.1) is 17.8 Å². The molecule has 0 radical (unpaired) electrons. The fourth-order valence-corrected chi connectivity index (χ4v) is 4.54. The third-order valence-electron chi connectivity index (χ3n) is 5.29. The van der Waals surface area contributed by atoms with E-state index in [1.165, 1.54) is 0 Å². The summed E-state index contributed by atoms with van der Waals surface area (Å²) in [6, 6.07) is 7.98. The Morgan fingerprint density at radius 1 is 1.00 bits per heavy atom. The summed E-state index contributed by atoms with van der Waals surface area (Å²) in [6.45, 7) is 0. The van der Waals surface area contributed by atoms with Gasteiger partial charge in [0, 0.05) is 22.7 Å². The van der Waals surface area contributed by atoms with Crippen LogP contribution < -0.4 is 0 Å². The molecule has 20 heavy (non-hydrogen) atoms. The number of H-pyrrole nitrogens is 1. The monoisotopic (exact) mass is 263 g/mol.